The molecule has 0 saturated carbocycles. The summed E-state index contributed by atoms with van der Waals surface area (Å²) < 4.78 is 0.308. The number of amidine groups is 1. The van der Waals surface area contributed by atoms with Crippen LogP contribution in [0.15, 0.2) is 34.6 Å². The Morgan fingerprint density at radius 1 is 1.58 bits per heavy atom. The number of rotatable bonds is 2. The van der Waals surface area contributed by atoms with Gasteiger partial charge in [-0.3, -0.25) is 0 Å². The van der Waals surface area contributed by atoms with Crippen LogP contribution in [-0.2, 0) is 0 Å². The number of pyridine rings is 1. The van der Waals surface area contributed by atoms with Crippen molar-refractivity contribution in [2.45, 2.75) is 0 Å². The van der Waals surface area contributed by atoms with Gasteiger partial charge < -0.3 is 0 Å². The molecule has 0 aliphatic heterocycles. The molecule has 0 fully saturated rings. The number of nitrogens with two attached hydrogens (primary N) is 1. The molecule has 1 aromatic heterocycles. The van der Waals surface area contributed by atoms with Crippen LogP contribution in [0, 0.1) is 0 Å². The third kappa shape index (κ3) is 3.27. The summed E-state index contributed by atoms with van der Waals surface area (Å²) in [5.41, 5.74) is 5.97. The number of hydrogen-bond donors (Lipinski definition) is 1. The first kappa shape index (κ1) is 8.90. The summed E-state index contributed by atoms with van der Waals surface area (Å²) in [7, 11) is 0. The van der Waals surface area contributed by atoms with Crippen molar-refractivity contribution in [3.05, 3.63) is 30.1 Å². The van der Waals surface area contributed by atoms with Crippen LogP contribution in [0.2, 0.25) is 0 Å². The van der Waals surface area contributed by atoms with Gasteiger partial charge in [-0.1, -0.05) is 0 Å². The van der Waals surface area contributed by atoms with Gasteiger partial charge in [0.1, 0.15) is 0 Å². The van der Waals surface area contributed by atoms with Crippen molar-refractivity contribution >= 4 is 27.0 Å². The monoisotopic (exact) mass is 227 g/mol. The molecular formula is C7H7N4Se. The van der Waals surface area contributed by atoms with Crippen LogP contribution in [0.25, 0.3) is 0 Å². The van der Waals surface area contributed by atoms with Crippen LogP contribution >= 0.6 is 0 Å². The third-order valence-corrected chi connectivity index (χ3v) is 1.21. The molecule has 0 atom stereocenters. The molecule has 1 rings (SSSR count). The van der Waals surface area contributed by atoms with Gasteiger partial charge in [0.05, 0.1) is 0 Å². The molecule has 12 heavy (non-hydrogen) atoms. The van der Waals surface area contributed by atoms with Crippen molar-refractivity contribution in [2.75, 3.05) is 0 Å². The summed E-state index contributed by atoms with van der Waals surface area (Å²) in [4.78, 5) is 4.01. The van der Waals surface area contributed by atoms with Gasteiger partial charge in [-0.2, -0.15) is 0 Å². The van der Waals surface area contributed by atoms with E-state index >= 15 is 0 Å². The molecule has 0 saturated heterocycles. The first-order valence-corrected chi connectivity index (χ1v) is 4.09. The second kappa shape index (κ2) is 4.64. The first-order valence-electron chi connectivity index (χ1n) is 3.23. The van der Waals surface area contributed by atoms with E-state index < -0.39 is 0 Å². The molecule has 0 aliphatic rings. The fourth-order valence-electron chi connectivity index (χ4n) is 0.597. The predicted octanol–water partition coefficient (Wildman–Crippen LogP) is -0.101. The van der Waals surface area contributed by atoms with Gasteiger partial charge in [0.2, 0.25) is 0 Å². The third-order valence-electron chi connectivity index (χ3n) is 1.03. The van der Waals surface area contributed by atoms with Crippen LogP contribution in [0.3, 0.4) is 0 Å². The van der Waals surface area contributed by atoms with E-state index in [1.165, 1.54) is 6.21 Å². The zero-order valence-electron chi connectivity index (χ0n) is 6.21. The van der Waals surface area contributed by atoms with Crippen molar-refractivity contribution in [2.24, 2.45) is 15.9 Å². The van der Waals surface area contributed by atoms with Gasteiger partial charge in [-0.25, -0.2) is 0 Å². The minimum atomic E-state index is 0.308. The van der Waals surface area contributed by atoms with Crippen LogP contribution in [0.1, 0.15) is 5.69 Å². The standard InChI is InChI=1S/C7H7N4Se/c8-7(12)11-10-5-6-3-1-2-4-9-6/h1-5H,(H2,8,11). The maximum atomic E-state index is 5.22. The van der Waals surface area contributed by atoms with E-state index in [9.17, 15) is 0 Å². The molecule has 0 amide bonds. The Morgan fingerprint density at radius 3 is 3.00 bits per heavy atom. The summed E-state index contributed by atoms with van der Waals surface area (Å²) >= 11 is 2.52. The molecule has 0 aromatic carbocycles. The molecule has 4 nitrogen and oxygen atoms in total. The zero-order chi connectivity index (χ0) is 8.81. The average molecular weight is 226 g/mol. The van der Waals surface area contributed by atoms with E-state index in [4.69, 9.17) is 5.73 Å². The summed E-state index contributed by atoms with van der Waals surface area (Å²) in [5.74, 6) is 0. The molecule has 0 spiro atoms. The van der Waals surface area contributed by atoms with Crippen LogP contribution in [0.4, 0.5) is 0 Å². The van der Waals surface area contributed by atoms with Gasteiger partial charge in [0.15, 0.2) is 0 Å². The molecule has 1 radical (unpaired) electrons. The zero-order valence-corrected chi connectivity index (χ0v) is 7.93. The minimum absolute atomic E-state index is 0.308. The molecule has 0 unspecified atom stereocenters. The van der Waals surface area contributed by atoms with Crippen molar-refractivity contribution in [1.82, 2.24) is 4.98 Å². The Kier molecular flexibility index (Phi) is 3.44. The second-order valence-electron chi connectivity index (χ2n) is 1.94. The van der Waals surface area contributed by atoms with E-state index in [1.54, 1.807) is 6.20 Å². The molecule has 61 valence electrons. The van der Waals surface area contributed by atoms with E-state index in [0.29, 0.717) is 4.73 Å². The number of aromatic nitrogens is 1. The fraction of sp³-hybridized carbons (Fsp3) is 0. The summed E-state index contributed by atoms with van der Waals surface area (Å²) in [6.45, 7) is 0. The van der Waals surface area contributed by atoms with Gasteiger partial charge >= 0.3 is 78.0 Å². The maximum absolute atomic E-state index is 5.22. The molecule has 2 N–H and O–H groups in total. The summed E-state index contributed by atoms with van der Waals surface area (Å²) in [6.07, 6.45) is 3.22. The second-order valence-corrected chi connectivity index (χ2v) is 2.81. The van der Waals surface area contributed by atoms with Crippen LogP contribution in [0.5, 0.6) is 0 Å². The van der Waals surface area contributed by atoms with Gasteiger partial charge in [-0.05, 0) is 0 Å². The molecule has 1 aromatic rings. The van der Waals surface area contributed by atoms with E-state index in [1.807, 2.05) is 18.2 Å². The average Bonchev–Trinajstić information content (AvgIpc) is 2.05. The Morgan fingerprint density at radius 2 is 2.42 bits per heavy atom. The van der Waals surface area contributed by atoms with Crippen LogP contribution in [-0.4, -0.2) is 31.9 Å². The van der Waals surface area contributed by atoms with Crippen molar-refractivity contribution in [3.8, 4) is 0 Å². The quantitative estimate of drug-likeness (QED) is 0.331. The van der Waals surface area contributed by atoms with E-state index in [-0.39, 0.29) is 0 Å². The van der Waals surface area contributed by atoms with E-state index in [0.717, 1.165) is 5.69 Å². The fourth-order valence-corrected chi connectivity index (χ4v) is 0.696. The number of hydrogen-bond acceptors (Lipinski definition) is 3. The van der Waals surface area contributed by atoms with Gasteiger partial charge in [-0.15, -0.1) is 0 Å². The van der Waals surface area contributed by atoms with Gasteiger partial charge in [0.25, 0.3) is 0 Å². The van der Waals surface area contributed by atoms with Crippen LogP contribution < -0.4 is 5.73 Å². The Balaban J connectivity index is 2.64. The molecule has 0 bridgehead atoms. The molecule has 1 heterocycles. The normalized spacial score (nSPS) is 12.2. The summed E-state index contributed by atoms with van der Waals surface area (Å²) in [6, 6.07) is 5.54. The Labute approximate surface area is 78.4 Å². The van der Waals surface area contributed by atoms with Crippen molar-refractivity contribution in [1.29, 1.82) is 0 Å². The Bertz CT molecular complexity index is 290. The van der Waals surface area contributed by atoms with E-state index in [2.05, 4.69) is 31.2 Å². The SMILES string of the molecule is N/C([Se])=N/N=Cc1ccccn1. The summed E-state index contributed by atoms with van der Waals surface area (Å²) in [5, 5.41) is 7.27. The molecular weight excluding hydrogens is 219 g/mol. The Hall–Kier alpha value is -1.19. The number of nitrogens with zero attached hydrogens (tertiary/aromatic N) is 3. The van der Waals surface area contributed by atoms with Crippen molar-refractivity contribution in [3.63, 3.8) is 0 Å². The van der Waals surface area contributed by atoms with Crippen molar-refractivity contribution < 1.29 is 0 Å². The van der Waals surface area contributed by atoms with Gasteiger partial charge in [0, 0.05) is 0 Å². The molecule has 0 aliphatic carbocycles. The predicted molar refractivity (Wildman–Crippen MR) is 49.2 cm³/mol. The molecule has 5 heteroatoms. The first-order chi connectivity index (χ1) is 5.79. The topological polar surface area (TPSA) is 63.6 Å².